The van der Waals surface area contributed by atoms with Crippen LogP contribution in [0.5, 0.6) is 0 Å². The maximum absolute atomic E-state index is 4.72. The number of aliphatic imine (C=N–C) groups is 1. The molecule has 1 aromatic heterocycles. The van der Waals surface area contributed by atoms with Gasteiger partial charge in [0.05, 0.1) is 13.1 Å². The Morgan fingerprint density at radius 1 is 1.23 bits per heavy atom. The van der Waals surface area contributed by atoms with Gasteiger partial charge in [-0.3, -0.25) is 4.68 Å². The molecule has 0 aliphatic carbocycles. The van der Waals surface area contributed by atoms with Gasteiger partial charge < -0.3 is 10.6 Å². The van der Waals surface area contributed by atoms with E-state index in [0.29, 0.717) is 6.54 Å². The van der Waals surface area contributed by atoms with Crippen molar-refractivity contribution < 1.29 is 0 Å². The maximum Gasteiger partial charge on any atom is 0.191 e. The van der Waals surface area contributed by atoms with E-state index in [1.165, 1.54) is 11.1 Å². The Kier molecular flexibility index (Phi) is 10.1. The number of guanidine groups is 1. The second-order valence-corrected chi connectivity index (χ2v) is 8.05. The molecule has 2 rings (SSSR count). The lowest BCUT2D eigenvalue weighted by atomic mass is 10.1. The SMILES string of the molecule is CCNC(=NCc1cccc(Cn2cccn2)c1)NCC(C)(C)SC.I. The third-order valence-corrected chi connectivity index (χ3v) is 5.14. The van der Waals surface area contributed by atoms with Gasteiger partial charge in [-0.15, -0.1) is 24.0 Å². The van der Waals surface area contributed by atoms with Crippen LogP contribution in [0.15, 0.2) is 47.7 Å². The van der Waals surface area contributed by atoms with Crippen LogP contribution in [-0.2, 0) is 13.1 Å². The number of nitrogens with zero attached hydrogens (tertiary/aromatic N) is 3. The lowest BCUT2D eigenvalue weighted by Gasteiger charge is -2.23. The first-order chi connectivity index (χ1) is 12.0. The van der Waals surface area contributed by atoms with E-state index in [1.54, 1.807) is 6.20 Å². The summed E-state index contributed by atoms with van der Waals surface area (Å²) >= 11 is 1.85. The quantitative estimate of drug-likeness (QED) is 0.339. The second-order valence-electron chi connectivity index (χ2n) is 6.54. The number of nitrogens with one attached hydrogen (secondary N) is 2. The van der Waals surface area contributed by atoms with Crippen molar-refractivity contribution in [1.82, 2.24) is 20.4 Å². The Bertz CT molecular complexity index is 670. The lowest BCUT2D eigenvalue weighted by molar-refractivity contribution is 0.664. The van der Waals surface area contributed by atoms with Crippen molar-refractivity contribution in [2.45, 2.75) is 38.6 Å². The van der Waals surface area contributed by atoms with E-state index in [1.807, 2.05) is 28.7 Å². The Hall–Kier alpha value is -1.22. The predicted molar refractivity (Wildman–Crippen MR) is 124 cm³/mol. The molecule has 1 heterocycles. The zero-order chi connectivity index (χ0) is 18.1. The van der Waals surface area contributed by atoms with Crippen molar-refractivity contribution in [2.75, 3.05) is 19.3 Å². The smallest absolute Gasteiger partial charge is 0.191 e. The third kappa shape index (κ3) is 7.99. The van der Waals surface area contributed by atoms with Crippen molar-refractivity contribution >= 4 is 41.7 Å². The molecule has 26 heavy (non-hydrogen) atoms. The van der Waals surface area contributed by atoms with Crippen LogP contribution in [0, 0.1) is 0 Å². The number of thioether (sulfide) groups is 1. The number of hydrogen-bond donors (Lipinski definition) is 2. The normalized spacial score (nSPS) is 11.8. The van der Waals surface area contributed by atoms with Gasteiger partial charge in [-0.05, 0) is 44.2 Å². The summed E-state index contributed by atoms with van der Waals surface area (Å²) in [6, 6.07) is 10.5. The van der Waals surface area contributed by atoms with E-state index in [4.69, 9.17) is 4.99 Å². The Balaban J connectivity index is 0.00000338. The van der Waals surface area contributed by atoms with Gasteiger partial charge in [0.1, 0.15) is 0 Å². The monoisotopic (exact) mass is 487 g/mol. The number of halogens is 1. The van der Waals surface area contributed by atoms with Crippen molar-refractivity contribution in [3.05, 3.63) is 53.9 Å². The highest BCUT2D eigenvalue weighted by Crippen LogP contribution is 2.19. The fraction of sp³-hybridized carbons (Fsp3) is 0.474. The molecular weight excluding hydrogens is 457 g/mol. The van der Waals surface area contributed by atoms with Crippen molar-refractivity contribution in [1.29, 1.82) is 0 Å². The first-order valence-electron chi connectivity index (χ1n) is 8.65. The summed E-state index contributed by atoms with van der Waals surface area (Å²) in [5.74, 6) is 0.863. The van der Waals surface area contributed by atoms with Crippen molar-refractivity contribution in [3.8, 4) is 0 Å². The van der Waals surface area contributed by atoms with Gasteiger partial charge >= 0.3 is 0 Å². The van der Waals surface area contributed by atoms with Crippen LogP contribution in [0.2, 0.25) is 0 Å². The number of rotatable bonds is 8. The fourth-order valence-corrected chi connectivity index (χ4v) is 2.50. The molecule has 0 aliphatic heterocycles. The number of benzene rings is 1. The van der Waals surface area contributed by atoms with E-state index in [-0.39, 0.29) is 28.7 Å². The molecule has 0 radical (unpaired) electrons. The molecule has 0 spiro atoms. The highest BCUT2D eigenvalue weighted by molar-refractivity contribution is 14.0. The topological polar surface area (TPSA) is 54.2 Å². The van der Waals surface area contributed by atoms with E-state index >= 15 is 0 Å². The first kappa shape index (κ1) is 22.8. The molecule has 7 heteroatoms. The van der Waals surface area contributed by atoms with Crippen LogP contribution in [-0.4, -0.2) is 39.8 Å². The van der Waals surface area contributed by atoms with E-state index in [9.17, 15) is 0 Å². The van der Waals surface area contributed by atoms with Gasteiger partial charge in [-0.2, -0.15) is 16.9 Å². The van der Waals surface area contributed by atoms with E-state index in [0.717, 1.165) is 25.6 Å². The minimum Gasteiger partial charge on any atom is -0.357 e. The van der Waals surface area contributed by atoms with Crippen LogP contribution in [0.25, 0.3) is 0 Å². The van der Waals surface area contributed by atoms with Gasteiger partial charge in [0.2, 0.25) is 0 Å². The summed E-state index contributed by atoms with van der Waals surface area (Å²) in [6.45, 7) is 9.71. The van der Waals surface area contributed by atoms with Gasteiger partial charge in [0.15, 0.2) is 5.96 Å². The van der Waals surface area contributed by atoms with Crippen LogP contribution < -0.4 is 10.6 Å². The second kappa shape index (κ2) is 11.5. The van der Waals surface area contributed by atoms with E-state index < -0.39 is 0 Å². The van der Waals surface area contributed by atoms with Crippen molar-refractivity contribution in [2.24, 2.45) is 4.99 Å². The average molecular weight is 487 g/mol. The Morgan fingerprint density at radius 3 is 2.65 bits per heavy atom. The lowest BCUT2D eigenvalue weighted by Crippen LogP contribution is -2.43. The van der Waals surface area contributed by atoms with Crippen LogP contribution in [0.4, 0.5) is 0 Å². The third-order valence-electron chi connectivity index (χ3n) is 3.89. The molecule has 0 amide bonds. The highest BCUT2D eigenvalue weighted by Gasteiger charge is 2.16. The maximum atomic E-state index is 4.72. The molecule has 0 bridgehead atoms. The Labute approximate surface area is 178 Å². The Morgan fingerprint density at radius 2 is 2.00 bits per heavy atom. The van der Waals surface area contributed by atoms with Gasteiger partial charge in [0, 0.05) is 30.2 Å². The van der Waals surface area contributed by atoms with Crippen LogP contribution in [0.1, 0.15) is 31.9 Å². The van der Waals surface area contributed by atoms with Crippen molar-refractivity contribution in [3.63, 3.8) is 0 Å². The molecule has 144 valence electrons. The molecule has 2 aromatic rings. The number of hydrogen-bond acceptors (Lipinski definition) is 3. The summed E-state index contributed by atoms with van der Waals surface area (Å²) in [6.07, 6.45) is 5.92. The molecule has 0 saturated heterocycles. The minimum absolute atomic E-state index is 0. The largest absolute Gasteiger partial charge is 0.357 e. The summed E-state index contributed by atoms with van der Waals surface area (Å²) < 4.78 is 2.11. The van der Waals surface area contributed by atoms with E-state index in [2.05, 4.69) is 67.0 Å². The molecule has 0 unspecified atom stereocenters. The molecule has 1 aromatic carbocycles. The van der Waals surface area contributed by atoms with Gasteiger partial charge in [-0.25, -0.2) is 4.99 Å². The predicted octanol–water partition coefficient (Wildman–Crippen LogP) is 3.75. The molecule has 0 aliphatic rings. The molecular formula is C19H30IN5S. The molecule has 5 nitrogen and oxygen atoms in total. The van der Waals surface area contributed by atoms with Crippen LogP contribution in [0.3, 0.4) is 0 Å². The average Bonchev–Trinajstić information content (AvgIpc) is 3.11. The molecule has 2 N–H and O–H groups in total. The zero-order valence-corrected chi connectivity index (χ0v) is 19.2. The van der Waals surface area contributed by atoms with Crippen LogP contribution >= 0.6 is 35.7 Å². The number of aromatic nitrogens is 2. The summed E-state index contributed by atoms with van der Waals surface area (Å²) in [5, 5.41) is 11.0. The standard InChI is InChI=1S/C19H29N5S.HI/c1-5-20-18(22-15-19(2,3)25-4)21-13-16-8-6-9-17(12-16)14-24-11-7-10-23-24;/h6-12H,5,13-15H2,1-4H3,(H2,20,21,22);1H. The highest BCUT2D eigenvalue weighted by atomic mass is 127. The zero-order valence-electron chi connectivity index (χ0n) is 16.0. The van der Waals surface area contributed by atoms with Gasteiger partial charge in [-0.1, -0.05) is 24.3 Å². The summed E-state index contributed by atoms with van der Waals surface area (Å²) in [7, 11) is 0. The summed E-state index contributed by atoms with van der Waals surface area (Å²) in [4.78, 5) is 4.72. The summed E-state index contributed by atoms with van der Waals surface area (Å²) in [5.41, 5.74) is 2.43. The molecule has 0 atom stereocenters. The fourth-order valence-electron chi connectivity index (χ4n) is 2.29. The minimum atomic E-state index is 0. The van der Waals surface area contributed by atoms with Gasteiger partial charge in [0.25, 0.3) is 0 Å². The first-order valence-corrected chi connectivity index (χ1v) is 9.87. The molecule has 0 saturated carbocycles. The molecule has 0 fully saturated rings.